The van der Waals surface area contributed by atoms with E-state index in [1.165, 1.54) is 0 Å². The van der Waals surface area contributed by atoms with Gasteiger partial charge in [-0.05, 0) is 53.4 Å². The summed E-state index contributed by atoms with van der Waals surface area (Å²) in [4.78, 5) is 23.0. The molecule has 0 spiro atoms. The van der Waals surface area contributed by atoms with Crippen molar-refractivity contribution in [2.24, 2.45) is 11.8 Å². The van der Waals surface area contributed by atoms with Crippen molar-refractivity contribution in [1.82, 2.24) is 0 Å². The fourth-order valence-corrected chi connectivity index (χ4v) is 2.12. The van der Waals surface area contributed by atoms with Gasteiger partial charge in [-0.2, -0.15) is 0 Å². The van der Waals surface area contributed by atoms with Gasteiger partial charge in [-0.25, -0.2) is 0 Å². The number of esters is 1. The van der Waals surface area contributed by atoms with Gasteiger partial charge in [0.25, 0.3) is 0 Å². The smallest absolute Gasteiger partial charge is 0.309 e. The molecule has 3 nitrogen and oxygen atoms in total. The Kier molecular flexibility index (Phi) is 4.11. The van der Waals surface area contributed by atoms with Gasteiger partial charge in [0, 0.05) is 5.92 Å². The van der Waals surface area contributed by atoms with Crippen molar-refractivity contribution < 1.29 is 14.3 Å². The number of ketones is 1. The minimum Gasteiger partial charge on any atom is -0.460 e. The van der Waals surface area contributed by atoms with Gasteiger partial charge in [0.2, 0.25) is 0 Å². The third kappa shape index (κ3) is 3.95. The highest BCUT2D eigenvalue weighted by Crippen LogP contribution is 2.30. The Labute approximate surface area is 97.5 Å². The zero-order valence-corrected chi connectivity index (χ0v) is 10.7. The van der Waals surface area contributed by atoms with E-state index in [0.29, 0.717) is 0 Å². The molecule has 0 aliphatic heterocycles. The van der Waals surface area contributed by atoms with Gasteiger partial charge in [0.05, 0.1) is 5.92 Å². The summed E-state index contributed by atoms with van der Waals surface area (Å²) in [5.74, 6) is 0.311. The van der Waals surface area contributed by atoms with Crippen LogP contribution in [0.25, 0.3) is 0 Å². The van der Waals surface area contributed by atoms with E-state index in [1.807, 2.05) is 20.8 Å². The van der Waals surface area contributed by atoms with E-state index < -0.39 is 5.60 Å². The van der Waals surface area contributed by atoms with Crippen molar-refractivity contribution in [2.75, 3.05) is 0 Å². The fourth-order valence-electron chi connectivity index (χ4n) is 2.12. The van der Waals surface area contributed by atoms with Crippen molar-refractivity contribution in [3.8, 4) is 0 Å². The molecule has 0 amide bonds. The quantitative estimate of drug-likeness (QED) is 0.680. The second kappa shape index (κ2) is 4.98. The summed E-state index contributed by atoms with van der Waals surface area (Å²) >= 11 is 0. The second-order valence-corrected chi connectivity index (χ2v) is 5.69. The Balaban J connectivity index is 2.42. The first-order valence-electron chi connectivity index (χ1n) is 6.03. The largest absolute Gasteiger partial charge is 0.460 e. The second-order valence-electron chi connectivity index (χ2n) is 5.69. The van der Waals surface area contributed by atoms with Crippen LogP contribution in [0.3, 0.4) is 0 Å². The Bertz CT molecular complexity index is 267. The molecule has 0 aromatic carbocycles. The Morgan fingerprint density at radius 1 is 1.00 bits per heavy atom. The summed E-state index contributed by atoms with van der Waals surface area (Å²) in [5.41, 5.74) is -0.408. The van der Waals surface area contributed by atoms with E-state index in [0.717, 1.165) is 25.7 Å². The maximum absolute atomic E-state index is 11.8. The highest BCUT2D eigenvalue weighted by Gasteiger charge is 2.31. The fraction of sp³-hybridized carbons (Fsp3) is 0.846. The number of carbonyl (C=O) groups excluding carboxylic acids is 2. The molecule has 1 saturated carbocycles. The van der Waals surface area contributed by atoms with E-state index in [4.69, 9.17) is 4.74 Å². The summed E-state index contributed by atoms with van der Waals surface area (Å²) in [7, 11) is 0. The molecule has 1 aliphatic carbocycles. The molecule has 0 aromatic rings. The highest BCUT2D eigenvalue weighted by molar-refractivity contribution is 5.79. The molecule has 0 heterocycles. The Morgan fingerprint density at radius 2 is 1.44 bits per heavy atom. The number of Topliss-reactive ketones (excluding diaryl/α,β-unsaturated/α-hetero) is 1. The van der Waals surface area contributed by atoms with Crippen LogP contribution in [0.5, 0.6) is 0 Å². The Hall–Kier alpha value is -0.860. The number of carbonyl (C=O) groups is 2. The standard InChI is InChI=1S/C13H22O3/c1-9(14)10-5-7-11(8-6-10)12(15)16-13(2,3)4/h10-11H,5-8H2,1-4H3. The summed E-state index contributed by atoms with van der Waals surface area (Å²) in [5, 5.41) is 0. The zero-order chi connectivity index (χ0) is 12.3. The van der Waals surface area contributed by atoms with Gasteiger partial charge in [-0.15, -0.1) is 0 Å². The van der Waals surface area contributed by atoms with Gasteiger partial charge < -0.3 is 4.74 Å². The molecule has 0 atom stereocenters. The van der Waals surface area contributed by atoms with Gasteiger partial charge in [-0.1, -0.05) is 0 Å². The van der Waals surface area contributed by atoms with Crippen LogP contribution < -0.4 is 0 Å². The first-order chi connectivity index (χ1) is 7.29. The van der Waals surface area contributed by atoms with Crippen molar-refractivity contribution >= 4 is 11.8 Å². The van der Waals surface area contributed by atoms with Crippen molar-refractivity contribution in [2.45, 2.75) is 59.0 Å². The SMILES string of the molecule is CC(=O)C1CCC(C(=O)OC(C)(C)C)CC1. The normalized spacial score (nSPS) is 26.2. The minimum atomic E-state index is -0.408. The highest BCUT2D eigenvalue weighted by atomic mass is 16.6. The lowest BCUT2D eigenvalue weighted by Gasteiger charge is -2.28. The van der Waals surface area contributed by atoms with E-state index >= 15 is 0 Å². The molecule has 16 heavy (non-hydrogen) atoms. The molecule has 3 heteroatoms. The average molecular weight is 226 g/mol. The van der Waals surface area contributed by atoms with E-state index in [2.05, 4.69) is 0 Å². The molecule has 0 unspecified atom stereocenters. The van der Waals surface area contributed by atoms with Gasteiger partial charge in [-0.3, -0.25) is 9.59 Å². The lowest BCUT2D eigenvalue weighted by molar-refractivity contribution is -0.161. The lowest BCUT2D eigenvalue weighted by Crippen LogP contribution is -2.31. The zero-order valence-electron chi connectivity index (χ0n) is 10.7. The van der Waals surface area contributed by atoms with Crippen LogP contribution >= 0.6 is 0 Å². The third-order valence-electron chi connectivity index (χ3n) is 3.04. The summed E-state index contributed by atoms with van der Waals surface area (Å²) in [6.45, 7) is 7.28. The van der Waals surface area contributed by atoms with Crippen LogP contribution in [0, 0.1) is 11.8 Å². The summed E-state index contributed by atoms with van der Waals surface area (Å²) < 4.78 is 5.35. The number of hydrogen-bond donors (Lipinski definition) is 0. The van der Waals surface area contributed by atoms with E-state index in [-0.39, 0.29) is 23.6 Å². The number of ether oxygens (including phenoxy) is 1. The molecule has 1 fully saturated rings. The molecule has 92 valence electrons. The van der Waals surface area contributed by atoms with E-state index in [9.17, 15) is 9.59 Å². The van der Waals surface area contributed by atoms with Gasteiger partial charge >= 0.3 is 5.97 Å². The molecular formula is C13H22O3. The van der Waals surface area contributed by atoms with Crippen LogP contribution in [0.2, 0.25) is 0 Å². The minimum absolute atomic E-state index is 0.00479. The maximum Gasteiger partial charge on any atom is 0.309 e. The molecule has 0 bridgehead atoms. The molecule has 0 N–H and O–H groups in total. The van der Waals surface area contributed by atoms with Crippen LogP contribution in [0.15, 0.2) is 0 Å². The van der Waals surface area contributed by atoms with Gasteiger partial charge in [0.1, 0.15) is 11.4 Å². The topological polar surface area (TPSA) is 43.4 Å². The van der Waals surface area contributed by atoms with Crippen molar-refractivity contribution in [3.63, 3.8) is 0 Å². The van der Waals surface area contributed by atoms with Crippen LogP contribution in [0.4, 0.5) is 0 Å². The predicted octanol–water partition coefficient (Wildman–Crippen LogP) is 2.72. The maximum atomic E-state index is 11.8. The van der Waals surface area contributed by atoms with E-state index in [1.54, 1.807) is 6.92 Å². The number of rotatable bonds is 2. The molecule has 0 radical (unpaired) electrons. The number of hydrogen-bond acceptors (Lipinski definition) is 3. The molecule has 0 aromatic heterocycles. The first-order valence-corrected chi connectivity index (χ1v) is 6.03. The van der Waals surface area contributed by atoms with Crippen LogP contribution in [-0.4, -0.2) is 17.4 Å². The van der Waals surface area contributed by atoms with Gasteiger partial charge in [0.15, 0.2) is 0 Å². The molecule has 0 saturated heterocycles. The molecule has 1 rings (SSSR count). The monoisotopic (exact) mass is 226 g/mol. The van der Waals surface area contributed by atoms with Crippen LogP contribution in [0.1, 0.15) is 53.4 Å². The van der Waals surface area contributed by atoms with Crippen molar-refractivity contribution in [1.29, 1.82) is 0 Å². The summed E-state index contributed by atoms with van der Waals surface area (Å²) in [6.07, 6.45) is 3.25. The first kappa shape index (κ1) is 13.2. The Morgan fingerprint density at radius 3 is 1.81 bits per heavy atom. The molecular weight excluding hydrogens is 204 g/mol. The average Bonchev–Trinajstić information content (AvgIpc) is 2.15. The predicted molar refractivity (Wildman–Crippen MR) is 62.0 cm³/mol. The lowest BCUT2D eigenvalue weighted by atomic mass is 9.80. The summed E-state index contributed by atoms with van der Waals surface area (Å²) in [6, 6.07) is 0. The third-order valence-corrected chi connectivity index (χ3v) is 3.04. The van der Waals surface area contributed by atoms with Crippen LogP contribution in [-0.2, 0) is 14.3 Å². The van der Waals surface area contributed by atoms with Crippen molar-refractivity contribution in [3.05, 3.63) is 0 Å². The molecule has 1 aliphatic rings.